The maximum atomic E-state index is 12.9. The van der Waals surface area contributed by atoms with Crippen LogP contribution in [0, 0.1) is 11.3 Å². The molecule has 0 aliphatic rings. The zero-order valence-corrected chi connectivity index (χ0v) is 16.3. The molecule has 0 saturated carbocycles. The lowest BCUT2D eigenvalue weighted by Crippen LogP contribution is -2.37. The molecule has 30 heavy (non-hydrogen) atoms. The first-order valence-electron chi connectivity index (χ1n) is 8.87. The van der Waals surface area contributed by atoms with Crippen molar-refractivity contribution < 1.29 is 22.8 Å². The molecular formula is C21H16F3N3O2S. The van der Waals surface area contributed by atoms with Crippen LogP contribution >= 0.6 is 11.3 Å². The summed E-state index contributed by atoms with van der Waals surface area (Å²) in [6.45, 7) is -0.327. The van der Waals surface area contributed by atoms with Gasteiger partial charge in [-0.3, -0.25) is 9.59 Å². The summed E-state index contributed by atoms with van der Waals surface area (Å²) in [5.41, 5.74) is -0.408. The summed E-state index contributed by atoms with van der Waals surface area (Å²) in [7, 11) is 0. The standard InChI is InChI=1S/C21H16F3N3O2S/c22-21(23,24)14-5-3-4-13(10-14)19(28)27-11-16(20(29)26-9-8-25)17-12-30-18-7-2-1-6-15(17)18/h1-7,10,12,16H,9,11H2,(H,26,29)(H,27,28). The number of thiophene rings is 1. The first-order valence-corrected chi connectivity index (χ1v) is 9.75. The zero-order chi connectivity index (χ0) is 21.7. The maximum Gasteiger partial charge on any atom is 0.416 e. The molecule has 0 spiro atoms. The van der Waals surface area contributed by atoms with Crippen molar-refractivity contribution in [3.05, 3.63) is 70.6 Å². The molecule has 3 aromatic rings. The predicted molar refractivity (Wildman–Crippen MR) is 107 cm³/mol. The Hall–Kier alpha value is -3.38. The molecule has 9 heteroatoms. The summed E-state index contributed by atoms with van der Waals surface area (Å²) in [5.74, 6) is -1.98. The fraction of sp³-hybridized carbons (Fsp3) is 0.190. The smallest absolute Gasteiger partial charge is 0.351 e. The molecule has 2 amide bonds. The van der Waals surface area contributed by atoms with E-state index in [1.165, 1.54) is 17.4 Å². The third-order valence-corrected chi connectivity index (χ3v) is 5.45. The molecule has 3 rings (SSSR count). The number of rotatable bonds is 6. The van der Waals surface area contributed by atoms with Gasteiger partial charge in [-0.1, -0.05) is 24.3 Å². The lowest BCUT2D eigenvalue weighted by Gasteiger charge is -2.17. The van der Waals surface area contributed by atoms with Crippen molar-refractivity contribution in [1.29, 1.82) is 5.26 Å². The molecule has 0 aliphatic heterocycles. The van der Waals surface area contributed by atoms with Crippen LogP contribution in [0.4, 0.5) is 13.2 Å². The highest BCUT2D eigenvalue weighted by molar-refractivity contribution is 7.17. The van der Waals surface area contributed by atoms with Gasteiger partial charge in [-0.2, -0.15) is 18.4 Å². The van der Waals surface area contributed by atoms with E-state index in [4.69, 9.17) is 5.26 Å². The minimum atomic E-state index is -4.56. The van der Waals surface area contributed by atoms with Crippen molar-refractivity contribution >= 4 is 33.2 Å². The molecular weight excluding hydrogens is 415 g/mol. The van der Waals surface area contributed by atoms with E-state index in [0.29, 0.717) is 5.56 Å². The van der Waals surface area contributed by atoms with Crippen LogP contribution in [-0.4, -0.2) is 24.9 Å². The van der Waals surface area contributed by atoms with Gasteiger partial charge in [-0.25, -0.2) is 0 Å². The number of alkyl halides is 3. The van der Waals surface area contributed by atoms with E-state index in [1.54, 1.807) is 5.38 Å². The Kier molecular flexibility index (Phi) is 6.37. The minimum Gasteiger partial charge on any atom is -0.351 e. The highest BCUT2D eigenvalue weighted by Gasteiger charge is 2.31. The molecule has 1 heterocycles. The largest absolute Gasteiger partial charge is 0.416 e. The average molecular weight is 431 g/mol. The zero-order valence-electron chi connectivity index (χ0n) is 15.5. The van der Waals surface area contributed by atoms with Gasteiger partial charge in [-0.15, -0.1) is 11.3 Å². The second kappa shape index (κ2) is 8.97. The first-order chi connectivity index (χ1) is 14.3. The number of nitriles is 1. The number of nitrogens with one attached hydrogen (secondary N) is 2. The molecule has 0 saturated heterocycles. The van der Waals surface area contributed by atoms with Gasteiger partial charge in [0.1, 0.15) is 6.54 Å². The quantitative estimate of drug-likeness (QED) is 0.577. The lowest BCUT2D eigenvalue weighted by molar-refractivity contribution is -0.137. The normalized spacial score (nSPS) is 12.2. The number of benzene rings is 2. The van der Waals surface area contributed by atoms with E-state index in [-0.39, 0.29) is 18.7 Å². The minimum absolute atomic E-state index is 0.132. The highest BCUT2D eigenvalue weighted by atomic mass is 32.1. The van der Waals surface area contributed by atoms with E-state index in [0.717, 1.165) is 28.3 Å². The molecule has 1 atom stereocenters. The van der Waals surface area contributed by atoms with Crippen LogP contribution < -0.4 is 10.6 Å². The van der Waals surface area contributed by atoms with Crippen LogP contribution in [0.15, 0.2) is 53.9 Å². The van der Waals surface area contributed by atoms with Crippen LogP contribution in [0.5, 0.6) is 0 Å². The Morgan fingerprint density at radius 1 is 1.10 bits per heavy atom. The Bertz CT molecular complexity index is 1120. The van der Waals surface area contributed by atoms with Gasteiger partial charge in [0.15, 0.2) is 0 Å². The van der Waals surface area contributed by atoms with E-state index >= 15 is 0 Å². The number of carbonyl (C=O) groups excluding carboxylic acids is 2. The summed E-state index contributed by atoms with van der Waals surface area (Å²) < 4.78 is 39.6. The average Bonchev–Trinajstić information content (AvgIpc) is 3.15. The Labute approximate surface area is 174 Å². The van der Waals surface area contributed by atoms with Gasteiger partial charge in [0, 0.05) is 16.8 Å². The SMILES string of the molecule is N#CCNC(=O)C(CNC(=O)c1cccc(C(F)(F)F)c1)c1csc2ccccc12. The van der Waals surface area contributed by atoms with Crippen molar-refractivity contribution in [2.45, 2.75) is 12.1 Å². The van der Waals surface area contributed by atoms with Crippen molar-refractivity contribution in [3.63, 3.8) is 0 Å². The monoisotopic (exact) mass is 431 g/mol. The lowest BCUT2D eigenvalue weighted by atomic mass is 9.97. The van der Waals surface area contributed by atoms with Crippen LogP contribution in [0.1, 0.15) is 27.4 Å². The van der Waals surface area contributed by atoms with E-state index < -0.39 is 29.5 Å². The van der Waals surface area contributed by atoms with Gasteiger partial charge in [-0.05, 0) is 40.6 Å². The molecule has 154 valence electrons. The van der Waals surface area contributed by atoms with Crippen LogP contribution in [0.3, 0.4) is 0 Å². The van der Waals surface area contributed by atoms with E-state index in [1.807, 2.05) is 30.3 Å². The summed E-state index contributed by atoms with van der Waals surface area (Å²) in [5, 5.41) is 16.4. The molecule has 2 N–H and O–H groups in total. The Morgan fingerprint density at radius 2 is 1.87 bits per heavy atom. The number of hydrogen-bond acceptors (Lipinski definition) is 4. The van der Waals surface area contributed by atoms with E-state index in [9.17, 15) is 22.8 Å². The van der Waals surface area contributed by atoms with Gasteiger partial charge >= 0.3 is 6.18 Å². The topological polar surface area (TPSA) is 82.0 Å². The first kappa shape index (κ1) is 21.3. The van der Waals surface area contributed by atoms with Crippen molar-refractivity contribution in [1.82, 2.24) is 10.6 Å². The van der Waals surface area contributed by atoms with Gasteiger partial charge in [0.25, 0.3) is 5.91 Å². The molecule has 0 aliphatic carbocycles. The van der Waals surface area contributed by atoms with Gasteiger partial charge in [0.05, 0.1) is 17.6 Å². The number of amides is 2. The molecule has 5 nitrogen and oxygen atoms in total. The fourth-order valence-corrected chi connectivity index (χ4v) is 4.01. The predicted octanol–water partition coefficient (Wildman–Crippen LogP) is 4.07. The molecule has 0 radical (unpaired) electrons. The number of fused-ring (bicyclic) bond motifs is 1. The second-order valence-electron chi connectivity index (χ2n) is 6.40. The Morgan fingerprint density at radius 3 is 2.60 bits per heavy atom. The Balaban J connectivity index is 1.83. The number of nitrogens with zero attached hydrogens (tertiary/aromatic N) is 1. The third kappa shape index (κ3) is 4.78. The van der Waals surface area contributed by atoms with Crippen molar-refractivity contribution in [2.75, 3.05) is 13.1 Å². The molecule has 1 aromatic heterocycles. The summed E-state index contributed by atoms with van der Waals surface area (Å²) in [6.07, 6.45) is -4.56. The third-order valence-electron chi connectivity index (χ3n) is 4.46. The van der Waals surface area contributed by atoms with Crippen molar-refractivity contribution in [3.8, 4) is 6.07 Å². The van der Waals surface area contributed by atoms with Gasteiger partial charge < -0.3 is 10.6 Å². The summed E-state index contributed by atoms with van der Waals surface area (Å²) in [4.78, 5) is 25.1. The van der Waals surface area contributed by atoms with Crippen LogP contribution in [0.2, 0.25) is 0 Å². The highest BCUT2D eigenvalue weighted by Crippen LogP contribution is 2.32. The van der Waals surface area contributed by atoms with E-state index in [2.05, 4.69) is 10.6 Å². The summed E-state index contributed by atoms with van der Waals surface area (Å²) in [6, 6.07) is 13.3. The maximum absolute atomic E-state index is 12.9. The molecule has 0 fully saturated rings. The van der Waals surface area contributed by atoms with Crippen molar-refractivity contribution in [2.24, 2.45) is 0 Å². The molecule has 0 bridgehead atoms. The van der Waals surface area contributed by atoms with Crippen LogP contribution in [0.25, 0.3) is 10.1 Å². The van der Waals surface area contributed by atoms with Gasteiger partial charge in [0.2, 0.25) is 5.91 Å². The number of hydrogen-bond donors (Lipinski definition) is 2. The van der Waals surface area contributed by atoms with Crippen LogP contribution in [-0.2, 0) is 11.0 Å². The molecule has 1 unspecified atom stereocenters. The molecule has 2 aromatic carbocycles. The second-order valence-corrected chi connectivity index (χ2v) is 7.32. The number of halogens is 3. The fourth-order valence-electron chi connectivity index (χ4n) is 3.00. The summed E-state index contributed by atoms with van der Waals surface area (Å²) >= 11 is 1.44. The number of carbonyl (C=O) groups is 2.